The average Bonchev–Trinajstić information content (AvgIpc) is 2.54. The maximum Gasteiger partial charge on any atom is 0.126 e. The number of hydrogen-bond donors (Lipinski definition) is 0. The van der Waals surface area contributed by atoms with Crippen molar-refractivity contribution in [3.05, 3.63) is 48.5 Å². The minimum Gasteiger partial charge on any atom is -0.497 e. The van der Waals surface area contributed by atoms with E-state index in [1.54, 1.807) is 18.9 Å². The molecule has 0 unspecified atom stereocenters. The normalized spacial score (nSPS) is 10.7. The van der Waals surface area contributed by atoms with Gasteiger partial charge in [-0.25, -0.2) is 0 Å². The maximum absolute atomic E-state index is 5.19. The number of hydrogen-bond acceptors (Lipinski definition) is 4. The summed E-state index contributed by atoms with van der Waals surface area (Å²) in [6, 6.07) is 16.1. The van der Waals surface area contributed by atoms with E-state index in [0.717, 1.165) is 32.8 Å². The summed E-state index contributed by atoms with van der Waals surface area (Å²) in [6.45, 7) is 0. The Labute approximate surface area is 122 Å². The molecule has 0 saturated carbocycles. The summed E-state index contributed by atoms with van der Waals surface area (Å²) in [4.78, 5) is 0. The highest BCUT2D eigenvalue weighted by Gasteiger charge is 2.10. The molecule has 2 aromatic carbocycles. The van der Waals surface area contributed by atoms with Gasteiger partial charge in [0.05, 0.1) is 7.11 Å². The summed E-state index contributed by atoms with van der Waals surface area (Å²) < 4.78 is 5.19. The number of methoxy groups -OCH3 is 1. The first-order chi connectivity index (χ1) is 9.83. The third-order valence-corrected chi connectivity index (χ3v) is 3.90. The Kier molecular flexibility index (Phi) is 3.56. The second kappa shape index (κ2) is 5.51. The summed E-state index contributed by atoms with van der Waals surface area (Å²) in [7, 11) is 1.66. The number of ether oxygens (including phenoxy) is 1. The van der Waals surface area contributed by atoms with E-state index in [9.17, 15) is 0 Å². The van der Waals surface area contributed by atoms with Gasteiger partial charge in [0.15, 0.2) is 0 Å². The van der Waals surface area contributed by atoms with E-state index < -0.39 is 0 Å². The number of rotatable bonds is 3. The molecule has 3 aromatic rings. The van der Waals surface area contributed by atoms with Crippen molar-refractivity contribution >= 4 is 22.5 Å². The van der Waals surface area contributed by atoms with Gasteiger partial charge in [-0.1, -0.05) is 24.3 Å². The van der Waals surface area contributed by atoms with Gasteiger partial charge in [0.1, 0.15) is 16.5 Å². The van der Waals surface area contributed by atoms with Gasteiger partial charge in [0, 0.05) is 16.3 Å². The molecule has 0 aliphatic heterocycles. The molecule has 3 rings (SSSR count). The molecule has 0 aliphatic rings. The molecule has 0 N–H and O–H groups in total. The summed E-state index contributed by atoms with van der Waals surface area (Å²) >= 11 is 1.61. The molecule has 0 amide bonds. The quantitative estimate of drug-likeness (QED) is 0.679. The van der Waals surface area contributed by atoms with Gasteiger partial charge in [-0.05, 0) is 30.5 Å². The fourth-order valence-corrected chi connectivity index (χ4v) is 2.71. The van der Waals surface area contributed by atoms with Crippen LogP contribution in [0.1, 0.15) is 0 Å². The molecule has 1 heterocycles. The van der Waals surface area contributed by atoms with E-state index in [-0.39, 0.29) is 0 Å². The van der Waals surface area contributed by atoms with Crippen molar-refractivity contribution in [3.8, 4) is 17.0 Å². The minimum atomic E-state index is 0.840. The van der Waals surface area contributed by atoms with Gasteiger partial charge in [-0.15, -0.1) is 22.0 Å². The highest BCUT2D eigenvalue weighted by atomic mass is 32.2. The van der Waals surface area contributed by atoms with Crippen LogP contribution in [0.5, 0.6) is 5.75 Å². The smallest absolute Gasteiger partial charge is 0.126 e. The third-order valence-electron chi connectivity index (χ3n) is 3.21. The van der Waals surface area contributed by atoms with Crippen LogP contribution in [0.2, 0.25) is 0 Å². The maximum atomic E-state index is 5.19. The molecule has 0 atom stereocenters. The SMILES string of the molecule is COc1ccc(-c2nnc(SC)c3ccccc23)cc1. The van der Waals surface area contributed by atoms with E-state index in [1.807, 2.05) is 42.7 Å². The Balaban J connectivity index is 2.20. The summed E-state index contributed by atoms with van der Waals surface area (Å²) in [5.74, 6) is 0.840. The molecule has 0 spiro atoms. The highest BCUT2D eigenvalue weighted by Crippen LogP contribution is 2.31. The van der Waals surface area contributed by atoms with Gasteiger partial charge in [0.2, 0.25) is 0 Å². The number of benzene rings is 2. The molecule has 0 radical (unpaired) electrons. The van der Waals surface area contributed by atoms with Crippen LogP contribution in [0.25, 0.3) is 22.0 Å². The topological polar surface area (TPSA) is 35.0 Å². The van der Waals surface area contributed by atoms with Crippen molar-refractivity contribution in [2.24, 2.45) is 0 Å². The highest BCUT2D eigenvalue weighted by molar-refractivity contribution is 7.98. The van der Waals surface area contributed by atoms with E-state index in [0.29, 0.717) is 0 Å². The fraction of sp³-hybridized carbons (Fsp3) is 0.125. The van der Waals surface area contributed by atoms with Gasteiger partial charge in [0.25, 0.3) is 0 Å². The van der Waals surface area contributed by atoms with Crippen molar-refractivity contribution < 1.29 is 4.74 Å². The lowest BCUT2D eigenvalue weighted by Crippen LogP contribution is -1.93. The Morgan fingerprint density at radius 1 is 0.900 bits per heavy atom. The molecule has 20 heavy (non-hydrogen) atoms. The zero-order valence-corrected chi connectivity index (χ0v) is 12.1. The molecule has 100 valence electrons. The number of thioether (sulfide) groups is 1. The molecule has 0 saturated heterocycles. The lowest BCUT2D eigenvalue weighted by molar-refractivity contribution is 0.415. The number of aromatic nitrogens is 2. The zero-order valence-electron chi connectivity index (χ0n) is 11.3. The molecular weight excluding hydrogens is 268 g/mol. The predicted octanol–water partition coefficient (Wildman–Crippen LogP) is 4.03. The van der Waals surface area contributed by atoms with Crippen LogP contribution in [0.4, 0.5) is 0 Å². The van der Waals surface area contributed by atoms with Crippen molar-refractivity contribution in [1.29, 1.82) is 0 Å². The van der Waals surface area contributed by atoms with Crippen LogP contribution in [-0.4, -0.2) is 23.6 Å². The van der Waals surface area contributed by atoms with Gasteiger partial charge in [-0.2, -0.15) is 0 Å². The van der Waals surface area contributed by atoms with Crippen molar-refractivity contribution in [1.82, 2.24) is 10.2 Å². The third kappa shape index (κ3) is 2.23. The van der Waals surface area contributed by atoms with E-state index in [1.165, 1.54) is 0 Å². The Bertz CT molecular complexity index is 741. The monoisotopic (exact) mass is 282 g/mol. The second-order valence-electron chi connectivity index (χ2n) is 4.33. The zero-order chi connectivity index (χ0) is 13.9. The molecule has 0 aliphatic carbocycles. The van der Waals surface area contributed by atoms with Gasteiger partial charge in [-0.3, -0.25) is 0 Å². The molecule has 0 bridgehead atoms. The first-order valence-electron chi connectivity index (χ1n) is 6.27. The first kappa shape index (κ1) is 12.9. The Morgan fingerprint density at radius 2 is 1.60 bits per heavy atom. The first-order valence-corrected chi connectivity index (χ1v) is 7.50. The number of fused-ring (bicyclic) bond motifs is 1. The lowest BCUT2D eigenvalue weighted by atomic mass is 10.1. The lowest BCUT2D eigenvalue weighted by Gasteiger charge is -2.08. The Morgan fingerprint density at radius 3 is 2.25 bits per heavy atom. The minimum absolute atomic E-state index is 0.840. The van der Waals surface area contributed by atoms with Crippen LogP contribution >= 0.6 is 11.8 Å². The van der Waals surface area contributed by atoms with Gasteiger partial charge >= 0.3 is 0 Å². The second-order valence-corrected chi connectivity index (χ2v) is 5.13. The van der Waals surface area contributed by atoms with Crippen LogP contribution in [0.3, 0.4) is 0 Å². The van der Waals surface area contributed by atoms with Crippen molar-refractivity contribution in [3.63, 3.8) is 0 Å². The van der Waals surface area contributed by atoms with Crippen LogP contribution in [0, 0.1) is 0 Å². The summed E-state index contributed by atoms with van der Waals surface area (Å²) in [5.41, 5.74) is 1.95. The predicted molar refractivity (Wildman–Crippen MR) is 83.3 cm³/mol. The van der Waals surface area contributed by atoms with Gasteiger partial charge < -0.3 is 4.74 Å². The summed E-state index contributed by atoms with van der Waals surface area (Å²) in [6.07, 6.45) is 2.02. The van der Waals surface area contributed by atoms with Crippen LogP contribution in [0.15, 0.2) is 53.6 Å². The molecule has 1 aromatic heterocycles. The largest absolute Gasteiger partial charge is 0.497 e. The standard InChI is InChI=1S/C16H14N2OS/c1-19-12-9-7-11(8-10-12)15-13-5-3-4-6-14(13)16(20-2)18-17-15/h3-10H,1-2H3. The molecule has 3 nitrogen and oxygen atoms in total. The molecular formula is C16H14N2OS. The van der Waals surface area contributed by atoms with E-state index in [4.69, 9.17) is 4.74 Å². The van der Waals surface area contributed by atoms with Crippen LogP contribution in [-0.2, 0) is 0 Å². The van der Waals surface area contributed by atoms with E-state index >= 15 is 0 Å². The molecule has 4 heteroatoms. The summed E-state index contributed by atoms with van der Waals surface area (Å²) in [5, 5.41) is 11.9. The molecule has 0 fully saturated rings. The van der Waals surface area contributed by atoms with Crippen molar-refractivity contribution in [2.75, 3.05) is 13.4 Å². The van der Waals surface area contributed by atoms with Crippen molar-refractivity contribution in [2.45, 2.75) is 5.03 Å². The number of nitrogens with zero attached hydrogens (tertiary/aromatic N) is 2. The van der Waals surface area contributed by atoms with E-state index in [2.05, 4.69) is 22.3 Å². The average molecular weight is 282 g/mol. The fourth-order valence-electron chi connectivity index (χ4n) is 2.19. The van der Waals surface area contributed by atoms with Crippen LogP contribution < -0.4 is 4.74 Å². The Hall–Kier alpha value is -2.07.